The van der Waals surface area contributed by atoms with E-state index in [1.807, 2.05) is 6.92 Å². The van der Waals surface area contributed by atoms with Crippen LogP contribution in [-0.2, 0) is 9.47 Å². The van der Waals surface area contributed by atoms with Crippen molar-refractivity contribution < 1.29 is 29.9 Å². The quantitative estimate of drug-likeness (QED) is 0.419. The first-order valence-corrected chi connectivity index (χ1v) is 5.03. The van der Waals surface area contributed by atoms with Crippen LogP contribution >= 0.6 is 0 Å². The second-order valence-electron chi connectivity index (χ2n) is 3.61. The van der Waals surface area contributed by atoms with E-state index in [0.29, 0.717) is 6.61 Å². The van der Waals surface area contributed by atoms with Gasteiger partial charge >= 0.3 is 0 Å². The summed E-state index contributed by atoms with van der Waals surface area (Å²) in [5, 5.41) is 37.2. The molecule has 6 nitrogen and oxygen atoms in total. The van der Waals surface area contributed by atoms with E-state index in [0.717, 1.165) is 6.42 Å². The molecule has 0 aromatic rings. The maximum Gasteiger partial charge on any atom is 0.184 e. The molecule has 90 valence electrons. The minimum absolute atomic E-state index is 0.0792. The van der Waals surface area contributed by atoms with Gasteiger partial charge in [-0.3, -0.25) is 0 Å². The van der Waals surface area contributed by atoms with Crippen molar-refractivity contribution in [3.63, 3.8) is 0 Å². The summed E-state index contributed by atoms with van der Waals surface area (Å²) in [5.74, 6) is 0. The largest absolute Gasteiger partial charge is 0.387 e. The Bertz CT molecular complexity index is 187. The normalized spacial score (nSPS) is 41.8. The fourth-order valence-electron chi connectivity index (χ4n) is 1.41. The van der Waals surface area contributed by atoms with Crippen molar-refractivity contribution >= 4 is 0 Å². The summed E-state index contributed by atoms with van der Waals surface area (Å²) < 4.78 is 10.0. The fourth-order valence-corrected chi connectivity index (χ4v) is 1.41. The van der Waals surface area contributed by atoms with E-state index < -0.39 is 30.7 Å². The van der Waals surface area contributed by atoms with Crippen molar-refractivity contribution in [3.05, 3.63) is 0 Å². The molecule has 0 saturated carbocycles. The van der Waals surface area contributed by atoms with Crippen molar-refractivity contribution in [2.75, 3.05) is 13.2 Å². The van der Waals surface area contributed by atoms with E-state index in [-0.39, 0.29) is 6.61 Å². The van der Waals surface area contributed by atoms with E-state index in [1.54, 1.807) is 0 Å². The Kier molecular flexibility index (Phi) is 4.91. The summed E-state index contributed by atoms with van der Waals surface area (Å²) in [6.07, 6.45) is -5.62. The van der Waals surface area contributed by atoms with Gasteiger partial charge in [0.1, 0.15) is 24.4 Å². The third-order valence-electron chi connectivity index (χ3n) is 2.32. The SMILES string of the molecule is CCCOCC1O[C@H](O)C(O)[C@@H](O)[C@H]1O. The Labute approximate surface area is 88.1 Å². The molecule has 0 amide bonds. The number of aliphatic hydroxyl groups excluding tert-OH is 4. The highest BCUT2D eigenvalue weighted by molar-refractivity contribution is 4.88. The van der Waals surface area contributed by atoms with Crippen LogP contribution in [0.1, 0.15) is 13.3 Å². The number of hydrogen-bond donors (Lipinski definition) is 4. The van der Waals surface area contributed by atoms with Crippen LogP contribution < -0.4 is 0 Å². The first-order chi connectivity index (χ1) is 7.07. The Morgan fingerprint density at radius 1 is 1.07 bits per heavy atom. The zero-order valence-electron chi connectivity index (χ0n) is 8.61. The molecule has 2 unspecified atom stereocenters. The lowest BCUT2D eigenvalue weighted by molar-refractivity contribution is -0.288. The Morgan fingerprint density at radius 2 is 1.73 bits per heavy atom. The molecule has 0 aromatic heterocycles. The Hall–Kier alpha value is -0.240. The zero-order valence-corrected chi connectivity index (χ0v) is 8.61. The lowest BCUT2D eigenvalue weighted by atomic mass is 9.99. The highest BCUT2D eigenvalue weighted by atomic mass is 16.6. The molecule has 1 fully saturated rings. The maximum atomic E-state index is 9.50. The lowest BCUT2D eigenvalue weighted by Crippen LogP contribution is -2.58. The molecule has 0 bridgehead atoms. The predicted octanol–water partition coefficient (Wildman–Crippen LogP) is -1.79. The summed E-state index contributed by atoms with van der Waals surface area (Å²) in [6, 6.07) is 0. The number of hydrogen-bond acceptors (Lipinski definition) is 6. The van der Waals surface area contributed by atoms with Crippen LogP contribution in [-0.4, -0.2) is 64.3 Å². The molecule has 0 aliphatic carbocycles. The monoisotopic (exact) mass is 222 g/mol. The van der Waals surface area contributed by atoms with Gasteiger partial charge in [0, 0.05) is 6.61 Å². The zero-order chi connectivity index (χ0) is 11.4. The second-order valence-corrected chi connectivity index (χ2v) is 3.61. The molecule has 5 atom stereocenters. The predicted molar refractivity (Wildman–Crippen MR) is 50.0 cm³/mol. The fraction of sp³-hybridized carbons (Fsp3) is 1.00. The van der Waals surface area contributed by atoms with Gasteiger partial charge in [0.2, 0.25) is 0 Å². The van der Waals surface area contributed by atoms with Crippen molar-refractivity contribution in [1.29, 1.82) is 0 Å². The van der Waals surface area contributed by atoms with Crippen LogP contribution in [0.4, 0.5) is 0 Å². The van der Waals surface area contributed by atoms with Crippen molar-refractivity contribution in [2.24, 2.45) is 0 Å². The highest BCUT2D eigenvalue weighted by Crippen LogP contribution is 2.19. The van der Waals surface area contributed by atoms with Gasteiger partial charge in [0.05, 0.1) is 6.61 Å². The first kappa shape index (κ1) is 12.8. The van der Waals surface area contributed by atoms with E-state index in [4.69, 9.17) is 9.47 Å². The summed E-state index contributed by atoms with van der Waals surface area (Å²) in [6.45, 7) is 2.53. The lowest BCUT2D eigenvalue weighted by Gasteiger charge is -2.38. The molecule has 0 radical (unpaired) electrons. The molecular formula is C9H18O6. The molecule has 1 saturated heterocycles. The van der Waals surface area contributed by atoms with E-state index in [9.17, 15) is 20.4 Å². The van der Waals surface area contributed by atoms with Gasteiger partial charge in [-0.15, -0.1) is 0 Å². The van der Waals surface area contributed by atoms with E-state index in [1.165, 1.54) is 0 Å². The summed E-state index contributed by atoms with van der Waals surface area (Å²) in [5.41, 5.74) is 0. The smallest absolute Gasteiger partial charge is 0.184 e. The van der Waals surface area contributed by atoms with Crippen LogP contribution in [0.2, 0.25) is 0 Å². The van der Waals surface area contributed by atoms with Gasteiger partial charge in [0.25, 0.3) is 0 Å². The third-order valence-corrected chi connectivity index (χ3v) is 2.32. The number of rotatable bonds is 4. The number of aliphatic hydroxyl groups is 4. The maximum absolute atomic E-state index is 9.50. The van der Waals surface area contributed by atoms with Gasteiger partial charge in [-0.2, -0.15) is 0 Å². The third kappa shape index (κ3) is 3.10. The second kappa shape index (κ2) is 5.74. The van der Waals surface area contributed by atoms with Crippen molar-refractivity contribution in [2.45, 2.75) is 44.1 Å². The summed E-state index contributed by atoms with van der Waals surface area (Å²) >= 11 is 0. The van der Waals surface area contributed by atoms with Crippen LogP contribution in [0.5, 0.6) is 0 Å². The van der Waals surface area contributed by atoms with Crippen LogP contribution in [0.25, 0.3) is 0 Å². The molecule has 6 heteroatoms. The topological polar surface area (TPSA) is 99.4 Å². The van der Waals surface area contributed by atoms with Gasteiger partial charge in [0.15, 0.2) is 6.29 Å². The Balaban J connectivity index is 2.43. The molecule has 1 heterocycles. The van der Waals surface area contributed by atoms with E-state index >= 15 is 0 Å². The molecule has 1 rings (SSSR count). The van der Waals surface area contributed by atoms with Gasteiger partial charge in [-0.1, -0.05) is 6.92 Å². The Morgan fingerprint density at radius 3 is 2.33 bits per heavy atom. The minimum Gasteiger partial charge on any atom is -0.387 e. The van der Waals surface area contributed by atoms with Gasteiger partial charge in [-0.05, 0) is 6.42 Å². The van der Waals surface area contributed by atoms with Crippen molar-refractivity contribution in [3.8, 4) is 0 Å². The molecule has 15 heavy (non-hydrogen) atoms. The number of ether oxygens (including phenoxy) is 2. The average Bonchev–Trinajstić information content (AvgIpc) is 2.23. The standard InChI is InChI=1S/C9H18O6/c1-2-3-14-4-5-6(10)7(11)8(12)9(13)15-5/h5-13H,2-4H2,1H3/t5?,6-,7-,8?,9-/m0/s1. The molecule has 1 aliphatic heterocycles. The first-order valence-electron chi connectivity index (χ1n) is 5.03. The molecule has 0 aromatic carbocycles. The molecule has 4 N–H and O–H groups in total. The van der Waals surface area contributed by atoms with Crippen molar-refractivity contribution in [1.82, 2.24) is 0 Å². The van der Waals surface area contributed by atoms with Gasteiger partial charge < -0.3 is 29.9 Å². The van der Waals surface area contributed by atoms with Gasteiger partial charge in [-0.25, -0.2) is 0 Å². The summed E-state index contributed by atoms with van der Waals surface area (Å²) in [4.78, 5) is 0. The average molecular weight is 222 g/mol. The molecule has 1 aliphatic rings. The van der Waals surface area contributed by atoms with Crippen LogP contribution in [0, 0.1) is 0 Å². The highest BCUT2D eigenvalue weighted by Gasteiger charge is 2.42. The molecular weight excluding hydrogens is 204 g/mol. The minimum atomic E-state index is -1.49. The molecule has 0 spiro atoms. The van der Waals surface area contributed by atoms with Crippen LogP contribution in [0.3, 0.4) is 0 Å². The summed E-state index contributed by atoms with van der Waals surface area (Å²) in [7, 11) is 0. The van der Waals surface area contributed by atoms with E-state index in [2.05, 4.69) is 0 Å². The van der Waals surface area contributed by atoms with Crippen LogP contribution in [0.15, 0.2) is 0 Å².